The molecule has 1 aliphatic heterocycles. The molecule has 0 spiro atoms. The van der Waals surface area contributed by atoms with Gasteiger partial charge >= 0.3 is 0 Å². The molecule has 0 radical (unpaired) electrons. The first-order chi connectivity index (χ1) is 5.74. The Hall–Kier alpha value is -1.08. The van der Waals surface area contributed by atoms with Gasteiger partial charge in [0.2, 0.25) is 0 Å². The second-order valence-corrected chi connectivity index (χ2v) is 2.06. The Balaban J connectivity index is -0.000000284. The van der Waals surface area contributed by atoms with Crippen LogP contribution in [0.25, 0.3) is 0 Å². The molecule has 1 rings (SSSR count). The molecule has 1 unspecified atom stereocenters. The molecule has 1 aliphatic rings. The lowest BCUT2D eigenvalue weighted by molar-refractivity contribution is -0.0979. The van der Waals surface area contributed by atoms with E-state index in [1.165, 1.54) is 6.26 Å². The van der Waals surface area contributed by atoms with Crippen molar-refractivity contribution in [1.29, 1.82) is 0 Å². The molecule has 1 heterocycles. The minimum Gasteiger partial charge on any atom is -0.459 e. The van der Waals surface area contributed by atoms with Crippen molar-refractivity contribution in [1.82, 2.24) is 0 Å². The van der Waals surface area contributed by atoms with E-state index in [9.17, 15) is 0 Å². The molecule has 0 fully saturated rings. The van der Waals surface area contributed by atoms with E-state index in [1.54, 1.807) is 0 Å². The minimum absolute atomic E-state index is 0. The van der Waals surface area contributed by atoms with E-state index in [-0.39, 0.29) is 23.6 Å². The van der Waals surface area contributed by atoms with Gasteiger partial charge < -0.3 is 14.3 Å². The minimum atomic E-state index is -0.315. The molecule has 14 heavy (non-hydrogen) atoms. The Morgan fingerprint density at radius 1 is 1.57 bits per heavy atom. The summed E-state index contributed by atoms with van der Waals surface area (Å²) >= 11 is 0. The van der Waals surface area contributed by atoms with Gasteiger partial charge in [-0.15, -0.1) is 0 Å². The van der Waals surface area contributed by atoms with Crippen LogP contribution in [-0.2, 0) is 14.3 Å². The first-order valence-electron chi connectivity index (χ1n) is 3.33. The van der Waals surface area contributed by atoms with Crippen LogP contribution in [0.4, 0.5) is 0 Å². The Morgan fingerprint density at radius 2 is 2.07 bits per heavy atom. The zero-order valence-electron chi connectivity index (χ0n) is 7.79. The fourth-order valence-electron chi connectivity index (χ4n) is 0.726. The Bertz CT molecular complexity index is 211. The molecule has 0 aromatic carbocycles. The van der Waals surface area contributed by atoms with Gasteiger partial charge in [-0.3, -0.25) is 0 Å². The topological polar surface area (TPSA) is 35.5 Å². The van der Waals surface area contributed by atoms with Crippen molar-refractivity contribution in [2.24, 2.45) is 0 Å². The zero-order valence-corrected chi connectivity index (χ0v) is 9.20. The number of hydrogen-bond acceptors (Lipinski definition) is 3. The number of carbonyl (C=O) groups excluding carboxylic acids is 1. The number of hydrogen-bond donors (Lipinski definition) is 0. The van der Waals surface area contributed by atoms with Crippen molar-refractivity contribution in [3.8, 4) is 0 Å². The SMILES string of the molecule is C.C=CO[C@H]1C=C(C)C(=C)O1.C=O.P. The van der Waals surface area contributed by atoms with E-state index in [0.29, 0.717) is 5.76 Å². The summed E-state index contributed by atoms with van der Waals surface area (Å²) in [7, 11) is 0. The van der Waals surface area contributed by atoms with E-state index >= 15 is 0 Å². The largest absolute Gasteiger partial charge is 0.459 e. The molecule has 0 saturated carbocycles. The summed E-state index contributed by atoms with van der Waals surface area (Å²) in [5.74, 6) is 0.673. The molecule has 82 valence electrons. The smallest absolute Gasteiger partial charge is 0.260 e. The second-order valence-electron chi connectivity index (χ2n) is 2.06. The number of allylic oxidation sites excluding steroid dienone is 1. The van der Waals surface area contributed by atoms with Gasteiger partial charge in [0, 0.05) is 6.08 Å². The van der Waals surface area contributed by atoms with Crippen LogP contribution in [0.3, 0.4) is 0 Å². The van der Waals surface area contributed by atoms with Gasteiger partial charge in [-0.2, -0.15) is 9.90 Å². The summed E-state index contributed by atoms with van der Waals surface area (Å²) in [6.07, 6.45) is 2.89. The van der Waals surface area contributed by atoms with Gasteiger partial charge in [0.1, 0.15) is 12.5 Å². The molecule has 0 amide bonds. The van der Waals surface area contributed by atoms with Crippen LogP contribution in [0.15, 0.2) is 36.8 Å². The van der Waals surface area contributed by atoms with Crippen LogP contribution >= 0.6 is 9.90 Å². The third kappa shape index (κ3) is 5.55. The van der Waals surface area contributed by atoms with Crippen LogP contribution in [0.2, 0.25) is 0 Å². The molecule has 0 saturated heterocycles. The van der Waals surface area contributed by atoms with Crippen molar-refractivity contribution in [2.45, 2.75) is 20.6 Å². The van der Waals surface area contributed by atoms with Crippen LogP contribution in [0.5, 0.6) is 0 Å². The van der Waals surface area contributed by atoms with Gasteiger partial charge in [0.25, 0.3) is 6.29 Å². The van der Waals surface area contributed by atoms with Crippen molar-refractivity contribution in [3.05, 3.63) is 36.8 Å². The standard InChI is InChI=1S/C8H10O2.CH2O.CH4.H3P/c1-4-9-8-5-6(2)7(3)10-8;1-2;;/h4-5,8H,1,3H2,2H3;1H2;1H4;1H3/t8-;;;/m1.../s1. The van der Waals surface area contributed by atoms with Crippen LogP contribution in [0, 0.1) is 0 Å². The average Bonchev–Trinajstić information content (AvgIpc) is 2.36. The van der Waals surface area contributed by atoms with Crippen molar-refractivity contribution in [2.75, 3.05) is 0 Å². The summed E-state index contributed by atoms with van der Waals surface area (Å²) < 4.78 is 10.1. The maximum absolute atomic E-state index is 8.00. The molecule has 2 atom stereocenters. The lowest BCUT2D eigenvalue weighted by Gasteiger charge is -2.07. The van der Waals surface area contributed by atoms with Crippen LogP contribution in [0.1, 0.15) is 14.4 Å². The zero-order chi connectivity index (χ0) is 9.56. The number of ether oxygens (including phenoxy) is 2. The maximum atomic E-state index is 8.00. The second kappa shape index (κ2) is 10.0. The summed E-state index contributed by atoms with van der Waals surface area (Å²) in [5, 5.41) is 0. The highest BCUT2D eigenvalue weighted by Gasteiger charge is 2.16. The first-order valence-corrected chi connectivity index (χ1v) is 3.33. The van der Waals surface area contributed by atoms with Crippen molar-refractivity contribution < 1.29 is 14.3 Å². The molecule has 0 aromatic heterocycles. The van der Waals surface area contributed by atoms with Gasteiger partial charge in [0.05, 0.1) is 6.26 Å². The Kier molecular flexibility index (Phi) is 13.3. The highest BCUT2D eigenvalue weighted by Crippen LogP contribution is 2.21. The van der Waals surface area contributed by atoms with Crippen LogP contribution < -0.4 is 0 Å². The lowest BCUT2D eigenvalue weighted by Crippen LogP contribution is -2.03. The van der Waals surface area contributed by atoms with E-state index in [0.717, 1.165) is 5.57 Å². The molecule has 3 nitrogen and oxygen atoms in total. The molecule has 0 aliphatic carbocycles. The normalized spacial score (nSPS) is 17.1. The van der Waals surface area contributed by atoms with Gasteiger partial charge in [-0.1, -0.05) is 20.6 Å². The third-order valence-electron chi connectivity index (χ3n) is 1.31. The van der Waals surface area contributed by atoms with E-state index in [1.807, 2.05) is 19.8 Å². The van der Waals surface area contributed by atoms with E-state index in [2.05, 4.69) is 13.2 Å². The maximum Gasteiger partial charge on any atom is 0.260 e. The van der Waals surface area contributed by atoms with Crippen LogP contribution in [-0.4, -0.2) is 13.1 Å². The fourth-order valence-corrected chi connectivity index (χ4v) is 0.726. The monoisotopic (exact) mass is 218 g/mol. The van der Waals surface area contributed by atoms with Gasteiger partial charge in [0.15, 0.2) is 0 Å². The highest BCUT2D eigenvalue weighted by molar-refractivity contribution is 6.92. The van der Waals surface area contributed by atoms with Gasteiger partial charge in [-0.05, 0) is 12.5 Å². The van der Waals surface area contributed by atoms with Crippen molar-refractivity contribution in [3.63, 3.8) is 0 Å². The molecular formula is C10H19O3P. The predicted molar refractivity (Wildman–Crippen MR) is 64.0 cm³/mol. The Labute approximate surface area is 89.1 Å². The summed E-state index contributed by atoms with van der Waals surface area (Å²) in [4.78, 5) is 8.00. The number of rotatable bonds is 2. The summed E-state index contributed by atoms with van der Waals surface area (Å²) in [6, 6.07) is 0. The quantitative estimate of drug-likeness (QED) is 0.527. The lowest BCUT2D eigenvalue weighted by atomic mass is 10.3. The van der Waals surface area contributed by atoms with E-state index in [4.69, 9.17) is 14.3 Å². The van der Waals surface area contributed by atoms with Crippen molar-refractivity contribution >= 4 is 16.7 Å². The van der Waals surface area contributed by atoms with E-state index < -0.39 is 0 Å². The number of carbonyl (C=O) groups is 1. The molecular weight excluding hydrogens is 199 g/mol. The molecule has 0 bridgehead atoms. The van der Waals surface area contributed by atoms with Gasteiger partial charge in [-0.25, -0.2) is 0 Å². The highest BCUT2D eigenvalue weighted by atomic mass is 31.0. The average molecular weight is 218 g/mol. The predicted octanol–water partition coefficient (Wildman–Crippen LogP) is 2.47. The first kappa shape index (κ1) is 18.7. The molecule has 4 heteroatoms. The fraction of sp³-hybridized carbons (Fsp3) is 0.300. The molecule has 0 N–H and O–H groups in total. The summed E-state index contributed by atoms with van der Waals surface area (Å²) in [6.45, 7) is 11.0. The third-order valence-corrected chi connectivity index (χ3v) is 1.31. The summed E-state index contributed by atoms with van der Waals surface area (Å²) in [5.41, 5.74) is 1.02. The Morgan fingerprint density at radius 3 is 2.36 bits per heavy atom. The molecule has 0 aromatic rings.